The lowest BCUT2D eigenvalue weighted by molar-refractivity contribution is -0.118. The van der Waals surface area contributed by atoms with Crippen LogP contribution in [-0.2, 0) is 24.2 Å². The van der Waals surface area contributed by atoms with Crippen molar-refractivity contribution in [2.24, 2.45) is 5.92 Å². The molecule has 5 nitrogen and oxygen atoms in total. The fourth-order valence-corrected chi connectivity index (χ4v) is 5.82. The molecular formula is C21H25N3O2S2. The smallest absolute Gasteiger partial charge is 0.230 e. The van der Waals surface area contributed by atoms with Gasteiger partial charge in [-0.2, -0.15) is 0 Å². The number of thiophene rings is 1. The minimum absolute atomic E-state index is 0.0167. The maximum atomic E-state index is 12.3. The van der Waals surface area contributed by atoms with Crippen molar-refractivity contribution in [3.8, 4) is 0 Å². The zero-order valence-electron chi connectivity index (χ0n) is 16.4. The van der Waals surface area contributed by atoms with Gasteiger partial charge in [0.25, 0.3) is 0 Å². The number of amides is 1. The minimum atomic E-state index is -0.0167. The highest BCUT2D eigenvalue weighted by Crippen LogP contribution is 2.41. The molecule has 28 heavy (non-hydrogen) atoms. The first-order valence-corrected chi connectivity index (χ1v) is 11.6. The number of fused-ring (bicyclic) bond motifs is 3. The highest BCUT2D eigenvalue weighted by atomic mass is 32.2. The van der Waals surface area contributed by atoms with Gasteiger partial charge in [0.1, 0.15) is 21.4 Å². The largest absolute Gasteiger partial charge is 0.467 e. The number of furan rings is 1. The van der Waals surface area contributed by atoms with Crippen LogP contribution >= 0.6 is 23.1 Å². The predicted octanol–water partition coefficient (Wildman–Crippen LogP) is 4.94. The van der Waals surface area contributed by atoms with Crippen LogP contribution in [0.4, 0.5) is 0 Å². The van der Waals surface area contributed by atoms with E-state index in [0.717, 1.165) is 40.2 Å². The molecule has 0 bridgehead atoms. The van der Waals surface area contributed by atoms with E-state index in [0.29, 0.717) is 12.3 Å². The second kappa shape index (κ2) is 8.25. The van der Waals surface area contributed by atoms with Crippen molar-refractivity contribution < 1.29 is 9.21 Å². The first-order chi connectivity index (χ1) is 13.5. The average Bonchev–Trinajstić information content (AvgIpc) is 3.30. The summed E-state index contributed by atoms with van der Waals surface area (Å²) in [7, 11) is 0. The van der Waals surface area contributed by atoms with Crippen LogP contribution < -0.4 is 5.32 Å². The third-order valence-electron chi connectivity index (χ3n) is 5.04. The summed E-state index contributed by atoms with van der Waals surface area (Å²) in [6, 6.07) is 3.68. The molecule has 1 N–H and O–H groups in total. The van der Waals surface area contributed by atoms with Crippen LogP contribution in [0.1, 0.15) is 55.1 Å². The van der Waals surface area contributed by atoms with Gasteiger partial charge < -0.3 is 9.73 Å². The van der Waals surface area contributed by atoms with E-state index in [9.17, 15) is 4.79 Å². The molecule has 0 radical (unpaired) electrons. The van der Waals surface area contributed by atoms with Crippen molar-refractivity contribution in [3.63, 3.8) is 0 Å². The van der Waals surface area contributed by atoms with E-state index in [1.807, 2.05) is 23.5 Å². The first-order valence-electron chi connectivity index (χ1n) is 9.75. The molecule has 0 saturated heterocycles. The summed E-state index contributed by atoms with van der Waals surface area (Å²) in [6.45, 7) is 6.95. The van der Waals surface area contributed by atoms with Crippen LogP contribution in [0.5, 0.6) is 0 Å². The second-order valence-corrected chi connectivity index (χ2v) is 9.77. The van der Waals surface area contributed by atoms with Crippen molar-refractivity contribution in [1.82, 2.24) is 15.3 Å². The van der Waals surface area contributed by atoms with Crippen molar-refractivity contribution in [2.45, 2.75) is 57.5 Å². The van der Waals surface area contributed by atoms with Crippen LogP contribution in [0.15, 0.2) is 27.8 Å². The molecule has 0 unspecified atom stereocenters. The standard InChI is InChI=1S/C21H25N3O2S2/c1-12(2)19-23-20(27-11-17(25)22-10-14-5-4-8-26-14)18-15-7-6-13(3)9-16(15)28-21(18)24-19/h4-5,8,12-13H,6-7,9-11H2,1-3H3,(H,22,25)/t13-/m0/s1. The summed E-state index contributed by atoms with van der Waals surface area (Å²) in [4.78, 5) is 24.5. The lowest BCUT2D eigenvalue weighted by atomic mass is 9.89. The molecule has 0 aromatic carbocycles. The van der Waals surface area contributed by atoms with Gasteiger partial charge in [-0.1, -0.05) is 32.5 Å². The summed E-state index contributed by atoms with van der Waals surface area (Å²) in [6.07, 6.45) is 5.03. The summed E-state index contributed by atoms with van der Waals surface area (Å²) in [5, 5.41) is 5.04. The van der Waals surface area contributed by atoms with E-state index >= 15 is 0 Å². The fourth-order valence-electron chi connectivity index (χ4n) is 3.47. The zero-order chi connectivity index (χ0) is 19.7. The molecule has 0 saturated carbocycles. The Morgan fingerprint density at radius 1 is 1.43 bits per heavy atom. The van der Waals surface area contributed by atoms with Gasteiger partial charge in [0.15, 0.2) is 0 Å². The predicted molar refractivity (Wildman–Crippen MR) is 114 cm³/mol. The van der Waals surface area contributed by atoms with Crippen molar-refractivity contribution >= 4 is 39.2 Å². The molecule has 4 rings (SSSR count). The van der Waals surface area contributed by atoms with E-state index in [-0.39, 0.29) is 11.8 Å². The van der Waals surface area contributed by atoms with Crippen LogP contribution in [0, 0.1) is 5.92 Å². The molecule has 0 fully saturated rings. The molecule has 1 atom stereocenters. The van der Waals surface area contributed by atoms with Crippen LogP contribution in [0.25, 0.3) is 10.2 Å². The monoisotopic (exact) mass is 415 g/mol. The Morgan fingerprint density at radius 3 is 3.04 bits per heavy atom. The Hall–Kier alpha value is -1.86. The Bertz CT molecular complexity index is 979. The summed E-state index contributed by atoms with van der Waals surface area (Å²) < 4.78 is 5.27. The summed E-state index contributed by atoms with van der Waals surface area (Å²) in [5.74, 6) is 2.92. The minimum Gasteiger partial charge on any atom is -0.467 e. The van der Waals surface area contributed by atoms with Crippen LogP contribution in [0.3, 0.4) is 0 Å². The number of carbonyl (C=O) groups is 1. The van der Waals surface area contributed by atoms with Crippen LogP contribution in [-0.4, -0.2) is 21.6 Å². The SMILES string of the molecule is CC(C)c1nc(SCC(=O)NCc2ccco2)c2c3c(sc2n1)C[C@@H](C)CC3. The highest BCUT2D eigenvalue weighted by Gasteiger charge is 2.24. The maximum absolute atomic E-state index is 12.3. The lowest BCUT2D eigenvalue weighted by Gasteiger charge is -2.18. The Morgan fingerprint density at radius 2 is 2.29 bits per heavy atom. The van der Waals surface area contributed by atoms with E-state index < -0.39 is 0 Å². The molecule has 3 heterocycles. The summed E-state index contributed by atoms with van der Waals surface area (Å²) >= 11 is 3.33. The number of thioether (sulfide) groups is 1. The molecule has 1 amide bonds. The van der Waals surface area contributed by atoms with E-state index in [4.69, 9.17) is 14.4 Å². The van der Waals surface area contributed by atoms with Gasteiger partial charge in [-0.3, -0.25) is 4.79 Å². The molecule has 0 aliphatic heterocycles. The van der Waals surface area contributed by atoms with Gasteiger partial charge >= 0.3 is 0 Å². The Labute approximate surface area is 173 Å². The number of rotatable bonds is 6. The normalized spacial score (nSPS) is 16.5. The van der Waals surface area contributed by atoms with E-state index in [2.05, 4.69) is 26.1 Å². The molecule has 3 aromatic heterocycles. The van der Waals surface area contributed by atoms with Gasteiger partial charge in [0.2, 0.25) is 5.91 Å². The number of aryl methyl sites for hydroxylation is 1. The van der Waals surface area contributed by atoms with E-state index in [1.54, 1.807) is 6.26 Å². The quantitative estimate of drug-likeness (QED) is 0.456. The number of nitrogens with one attached hydrogen (secondary N) is 1. The number of nitrogens with zero attached hydrogens (tertiary/aromatic N) is 2. The molecular weight excluding hydrogens is 390 g/mol. The molecule has 1 aliphatic carbocycles. The lowest BCUT2D eigenvalue weighted by Crippen LogP contribution is -2.24. The second-order valence-electron chi connectivity index (χ2n) is 7.72. The third kappa shape index (κ3) is 4.10. The summed E-state index contributed by atoms with van der Waals surface area (Å²) in [5.41, 5.74) is 1.41. The van der Waals surface area contributed by atoms with Gasteiger partial charge in [-0.05, 0) is 42.9 Å². The van der Waals surface area contributed by atoms with Gasteiger partial charge in [-0.25, -0.2) is 9.97 Å². The first kappa shape index (κ1) is 19.5. The number of hydrogen-bond donors (Lipinski definition) is 1. The number of carbonyl (C=O) groups excluding carboxylic acids is 1. The van der Waals surface area contributed by atoms with Crippen molar-refractivity contribution in [3.05, 3.63) is 40.4 Å². The highest BCUT2D eigenvalue weighted by molar-refractivity contribution is 8.00. The molecule has 3 aromatic rings. The van der Waals surface area contributed by atoms with Crippen molar-refractivity contribution in [1.29, 1.82) is 0 Å². The van der Waals surface area contributed by atoms with Gasteiger partial charge in [0.05, 0.1) is 18.6 Å². The van der Waals surface area contributed by atoms with E-state index in [1.165, 1.54) is 34.0 Å². The Kier molecular flexibility index (Phi) is 5.73. The number of hydrogen-bond acceptors (Lipinski definition) is 6. The molecule has 1 aliphatic rings. The molecule has 7 heteroatoms. The third-order valence-corrected chi connectivity index (χ3v) is 7.16. The molecule has 0 spiro atoms. The van der Waals surface area contributed by atoms with Gasteiger partial charge in [0, 0.05) is 16.2 Å². The van der Waals surface area contributed by atoms with Crippen LogP contribution in [0.2, 0.25) is 0 Å². The maximum Gasteiger partial charge on any atom is 0.230 e. The molecule has 148 valence electrons. The number of aromatic nitrogens is 2. The zero-order valence-corrected chi connectivity index (χ0v) is 18.1. The Balaban J connectivity index is 1.57. The average molecular weight is 416 g/mol. The van der Waals surface area contributed by atoms with Crippen molar-refractivity contribution in [2.75, 3.05) is 5.75 Å². The van der Waals surface area contributed by atoms with Gasteiger partial charge in [-0.15, -0.1) is 11.3 Å². The fraction of sp³-hybridized carbons (Fsp3) is 0.476. The topological polar surface area (TPSA) is 68.0 Å².